The third-order valence-corrected chi connectivity index (χ3v) is 7.47. The smallest absolute Gasteiger partial charge is 0.286 e. The molecule has 0 bridgehead atoms. The van der Waals surface area contributed by atoms with E-state index in [1.54, 1.807) is 4.57 Å². The van der Waals surface area contributed by atoms with Gasteiger partial charge < -0.3 is 24.8 Å². The molecule has 3 aromatic rings. The zero-order chi connectivity index (χ0) is 28.1. The lowest BCUT2D eigenvalue weighted by Gasteiger charge is -2.29. The molecule has 210 valence electrons. The van der Waals surface area contributed by atoms with Crippen LogP contribution in [0.1, 0.15) is 60.0 Å². The summed E-state index contributed by atoms with van der Waals surface area (Å²) in [6.07, 6.45) is 5.57. The Bertz CT molecular complexity index is 1410. The number of aromatic nitrogens is 1. The summed E-state index contributed by atoms with van der Waals surface area (Å²) >= 11 is 0. The summed E-state index contributed by atoms with van der Waals surface area (Å²) in [5.41, 5.74) is 3.47. The highest BCUT2D eigenvalue weighted by atomic mass is 16.7. The molecule has 9 nitrogen and oxygen atoms in total. The van der Waals surface area contributed by atoms with Gasteiger partial charge in [0.25, 0.3) is 5.91 Å². The molecule has 40 heavy (non-hydrogen) atoms. The molecular weight excluding hydrogens is 510 g/mol. The van der Waals surface area contributed by atoms with E-state index in [1.165, 1.54) is 6.92 Å². The molecule has 2 amide bonds. The summed E-state index contributed by atoms with van der Waals surface area (Å²) in [5.74, 6) is -0.304. The van der Waals surface area contributed by atoms with Crippen LogP contribution in [0.25, 0.3) is 10.9 Å². The van der Waals surface area contributed by atoms with Gasteiger partial charge in [0.1, 0.15) is 0 Å². The quantitative estimate of drug-likeness (QED) is 0.375. The van der Waals surface area contributed by atoms with Crippen LogP contribution in [-0.4, -0.2) is 58.2 Å². The molecule has 0 spiro atoms. The Hall–Kier alpha value is -3.95. The van der Waals surface area contributed by atoms with Crippen LogP contribution < -0.4 is 5.32 Å². The number of hydrogen-bond acceptors (Lipinski definition) is 6. The number of carbonyl (C=O) groups excluding carboxylic acids is 3. The number of allylic oxidation sites excluding steroid dienone is 1. The molecule has 1 fully saturated rings. The van der Waals surface area contributed by atoms with Gasteiger partial charge in [-0.1, -0.05) is 42.5 Å². The van der Waals surface area contributed by atoms with Crippen LogP contribution in [-0.2, 0) is 32.3 Å². The van der Waals surface area contributed by atoms with Gasteiger partial charge in [-0.2, -0.15) is 0 Å². The first-order chi connectivity index (χ1) is 19.4. The van der Waals surface area contributed by atoms with Crippen molar-refractivity contribution in [1.29, 1.82) is 0 Å². The molecule has 0 radical (unpaired) electrons. The molecule has 0 aliphatic carbocycles. The molecule has 2 aromatic carbocycles. The Balaban J connectivity index is 1.33. The van der Waals surface area contributed by atoms with Crippen LogP contribution in [0.3, 0.4) is 0 Å². The predicted molar refractivity (Wildman–Crippen MR) is 149 cm³/mol. The van der Waals surface area contributed by atoms with Gasteiger partial charge in [-0.3, -0.25) is 19.0 Å². The third kappa shape index (κ3) is 6.26. The van der Waals surface area contributed by atoms with E-state index in [-0.39, 0.29) is 42.6 Å². The summed E-state index contributed by atoms with van der Waals surface area (Å²) < 4.78 is 13.8. The molecule has 1 saturated heterocycles. The Morgan fingerprint density at radius 3 is 2.62 bits per heavy atom. The molecule has 2 aliphatic heterocycles. The van der Waals surface area contributed by atoms with Crippen molar-refractivity contribution in [3.8, 4) is 0 Å². The number of fused-ring (bicyclic) bond motifs is 1. The van der Waals surface area contributed by atoms with Gasteiger partial charge in [0.15, 0.2) is 5.76 Å². The van der Waals surface area contributed by atoms with Gasteiger partial charge in [0, 0.05) is 56.9 Å². The topological polar surface area (TPSA) is 110 Å². The average molecular weight is 546 g/mol. The minimum Gasteiger partial charge on any atom is -0.459 e. The number of hydrogen-bond donors (Lipinski definition) is 2. The Morgan fingerprint density at radius 2 is 1.90 bits per heavy atom. The molecule has 2 atom stereocenters. The highest BCUT2D eigenvalue weighted by molar-refractivity contribution is 5.95. The lowest BCUT2D eigenvalue weighted by Crippen LogP contribution is -2.34. The van der Waals surface area contributed by atoms with Crippen molar-refractivity contribution in [3.05, 3.63) is 83.3 Å². The van der Waals surface area contributed by atoms with Crippen molar-refractivity contribution >= 4 is 28.6 Å². The Morgan fingerprint density at radius 1 is 1.12 bits per heavy atom. The number of likely N-dealkylation sites (tertiary alicyclic amines) is 1. The van der Waals surface area contributed by atoms with E-state index in [4.69, 9.17) is 9.47 Å². The molecular formula is C31H35N3O6. The van der Waals surface area contributed by atoms with Crippen molar-refractivity contribution in [2.24, 2.45) is 0 Å². The van der Waals surface area contributed by atoms with Gasteiger partial charge in [-0.15, -0.1) is 0 Å². The summed E-state index contributed by atoms with van der Waals surface area (Å²) in [4.78, 5) is 39.2. The average Bonchev–Trinajstić information content (AvgIpc) is 3.57. The van der Waals surface area contributed by atoms with Crippen molar-refractivity contribution in [1.82, 2.24) is 14.8 Å². The number of amides is 2. The van der Waals surface area contributed by atoms with Gasteiger partial charge in [0.2, 0.25) is 18.1 Å². The lowest BCUT2D eigenvalue weighted by atomic mass is 9.92. The fraction of sp³-hybridized carbons (Fsp3) is 0.387. The van der Waals surface area contributed by atoms with E-state index in [2.05, 4.69) is 5.32 Å². The Kier molecular flexibility index (Phi) is 8.62. The molecule has 1 aromatic heterocycles. The van der Waals surface area contributed by atoms with Crippen molar-refractivity contribution in [2.75, 3.05) is 19.6 Å². The summed E-state index contributed by atoms with van der Waals surface area (Å²) in [5, 5.41) is 13.2. The number of rotatable bonds is 10. The van der Waals surface area contributed by atoms with E-state index in [9.17, 15) is 19.5 Å². The summed E-state index contributed by atoms with van der Waals surface area (Å²) in [6.45, 7) is 3.58. The fourth-order valence-corrected chi connectivity index (χ4v) is 5.33. The number of ether oxygens (including phenoxy) is 2. The first-order valence-corrected chi connectivity index (χ1v) is 13.8. The molecule has 2 unspecified atom stereocenters. The maximum atomic E-state index is 13.2. The highest BCUT2D eigenvalue weighted by Crippen LogP contribution is 2.36. The molecule has 5 rings (SSSR count). The number of benzene rings is 2. The minimum absolute atomic E-state index is 0.0278. The second-order valence-corrected chi connectivity index (χ2v) is 10.3. The number of nitrogens with one attached hydrogen (secondary N) is 1. The van der Waals surface area contributed by atoms with Crippen LogP contribution in [0.5, 0.6) is 0 Å². The van der Waals surface area contributed by atoms with Crippen LogP contribution in [0.4, 0.5) is 0 Å². The number of aliphatic hydroxyl groups is 1. The van der Waals surface area contributed by atoms with E-state index in [0.29, 0.717) is 32.4 Å². The first-order valence-electron chi connectivity index (χ1n) is 13.8. The minimum atomic E-state index is -0.685. The van der Waals surface area contributed by atoms with Crippen LogP contribution in [0, 0.1) is 0 Å². The number of carbonyl (C=O) groups is 3. The molecule has 2 aliphatic rings. The number of aliphatic hydroxyl groups excluding tert-OH is 1. The molecule has 9 heteroatoms. The Labute approximate surface area is 233 Å². The first kappa shape index (κ1) is 27.6. The second-order valence-electron chi connectivity index (χ2n) is 10.3. The third-order valence-electron chi connectivity index (χ3n) is 7.47. The largest absolute Gasteiger partial charge is 0.459 e. The highest BCUT2D eigenvalue weighted by Gasteiger charge is 2.31. The molecule has 0 saturated carbocycles. The normalized spacial score (nSPS) is 19.0. The van der Waals surface area contributed by atoms with Gasteiger partial charge in [-0.05, 0) is 41.7 Å². The van der Waals surface area contributed by atoms with E-state index < -0.39 is 6.29 Å². The predicted octanol–water partition coefficient (Wildman–Crippen LogP) is 3.85. The standard InChI is InChI=1S/C31H35N3O6/c1-21(36)34-18-26(25-6-2-3-7-27(25)34)24-16-28(31(38)32-13-5-15-33-14-4-8-29(33)37)40-30(17-24)39-20-23-11-9-22(19-35)10-12-23/h2-3,6-7,9-12,16,18,24,30,35H,4-5,8,13-15,17,19-20H2,1H3,(H,32,38). The molecule has 2 N–H and O–H groups in total. The zero-order valence-electron chi connectivity index (χ0n) is 22.7. The maximum absolute atomic E-state index is 13.2. The van der Waals surface area contributed by atoms with Gasteiger partial charge in [0.05, 0.1) is 18.7 Å². The fourth-order valence-electron chi connectivity index (χ4n) is 5.33. The summed E-state index contributed by atoms with van der Waals surface area (Å²) in [7, 11) is 0. The van der Waals surface area contributed by atoms with E-state index >= 15 is 0 Å². The zero-order valence-corrected chi connectivity index (χ0v) is 22.7. The van der Waals surface area contributed by atoms with Crippen LogP contribution in [0.2, 0.25) is 0 Å². The monoisotopic (exact) mass is 545 g/mol. The van der Waals surface area contributed by atoms with Crippen LogP contribution in [0.15, 0.2) is 66.6 Å². The van der Waals surface area contributed by atoms with E-state index in [0.717, 1.165) is 40.6 Å². The second kappa shape index (κ2) is 12.5. The van der Waals surface area contributed by atoms with Gasteiger partial charge >= 0.3 is 0 Å². The maximum Gasteiger partial charge on any atom is 0.286 e. The molecule has 3 heterocycles. The van der Waals surface area contributed by atoms with Crippen molar-refractivity contribution in [2.45, 2.75) is 58.0 Å². The number of para-hydroxylation sites is 1. The van der Waals surface area contributed by atoms with Crippen molar-refractivity contribution in [3.63, 3.8) is 0 Å². The van der Waals surface area contributed by atoms with E-state index in [1.807, 2.05) is 65.7 Å². The van der Waals surface area contributed by atoms with Gasteiger partial charge in [-0.25, -0.2) is 0 Å². The van der Waals surface area contributed by atoms with Crippen molar-refractivity contribution < 1.29 is 29.0 Å². The SMILES string of the molecule is CC(=O)n1cc(C2C=C(C(=O)NCCCN3CCCC3=O)OC(OCc3ccc(CO)cc3)C2)c2ccccc21. The lowest BCUT2D eigenvalue weighted by molar-refractivity contribution is -0.150. The summed E-state index contributed by atoms with van der Waals surface area (Å²) in [6, 6.07) is 15.2. The van der Waals surface area contributed by atoms with Crippen LogP contribution >= 0.6 is 0 Å². The number of nitrogens with zero attached hydrogens (tertiary/aromatic N) is 2.